The minimum Gasteiger partial charge on any atom is -0.399 e. The molecular formula is C15H15ClN2O. The van der Waals surface area contributed by atoms with E-state index >= 15 is 0 Å². The molecule has 0 saturated heterocycles. The Morgan fingerprint density at radius 1 is 1.21 bits per heavy atom. The van der Waals surface area contributed by atoms with Gasteiger partial charge in [0, 0.05) is 16.3 Å². The molecule has 2 rings (SSSR count). The summed E-state index contributed by atoms with van der Waals surface area (Å²) in [6, 6.07) is 14.2. The molecule has 3 N–H and O–H groups in total. The second-order valence-electron chi connectivity index (χ2n) is 4.37. The van der Waals surface area contributed by atoms with Gasteiger partial charge in [-0.05, 0) is 48.9 Å². The summed E-state index contributed by atoms with van der Waals surface area (Å²) in [5.41, 5.74) is 7.78. The summed E-state index contributed by atoms with van der Waals surface area (Å²) in [5.74, 6) is -0.132. The van der Waals surface area contributed by atoms with E-state index in [0.717, 1.165) is 5.56 Å². The van der Waals surface area contributed by atoms with Gasteiger partial charge in [0.25, 0.3) is 5.91 Å². The van der Waals surface area contributed by atoms with Crippen LogP contribution in [0.5, 0.6) is 0 Å². The Hall–Kier alpha value is -2.00. The average molecular weight is 275 g/mol. The van der Waals surface area contributed by atoms with Gasteiger partial charge in [0.2, 0.25) is 0 Å². The monoisotopic (exact) mass is 274 g/mol. The number of nitrogens with one attached hydrogen (secondary N) is 1. The standard InChI is InChI=1S/C15H15ClN2O/c1-10(12-3-2-4-13(16)9-12)18-15(19)11-5-7-14(17)8-6-11/h2-10H,17H2,1H3,(H,18,19)/t10-/m0/s1. The number of nitrogen functional groups attached to an aromatic ring is 1. The van der Waals surface area contributed by atoms with Crippen molar-refractivity contribution in [1.82, 2.24) is 5.32 Å². The van der Waals surface area contributed by atoms with Crippen LogP contribution >= 0.6 is 11.6 Å². The van der Waals surface area contributed by atoms with E-state index in [2.05, 4.69) is 5.32 Å². The van der Waals surface area contributed by atoms with Crippen LogP contribution < -0.4 is 11.1 Å². The molecule has 0 aliphatic heterocycles. The first-order chi connectivity index (χ1) is 9.06. The highest BCUT2D eigenvalue weighted by Crippen LogP contribution is 2.18. The topological polar surface area (TPSA) is 55.1 Å². The van der Waals surface area contributed by atoms with Crippen molar-refractivity contribution in [3.05, 3.63) is 64.7 Å². The van der Waals surface area contributed by atoms with Gasteiger partial charge >= 0.3 is 0 Å². The molecule has 0 aliphatic rings. The lowest BCUT2D eigenvalue weighted by molar-refractivity contribution is 0.0940. The normalized spacial score (nSPS) is 11.9. The number of anilines is 1. The molecule has 0 radical (unpaired) electrons. The Labute approximate surface area is 117 Å². The maximum atomic E-state index is 12.0. The highest BCUT2D eigenvalue weighted by molar-refractivity contribution is 6.30. The van der Waals surface area contributed by atoms with Crippen molar-refractivity contribution in [2.45, 2.75) is 13.0 Å². The molecule has 1 atom stereocenters. The lowest BCUT2D eigenvalue weighted by atomic mass is 10.1. The lowest BCUT2D eigenvalue weighted by Crippen LogP contribution is -2.26. The number of halogens is 1. The number of carbonyl (C=O) groups excluding carboxylic acids is 1. The first kappa shape index (κ1) is 13.4. The molecule has 0 bridgehead atoms. The molecule has 0 spiro atoms. The number of benzene rings is 2. The zero-order valence-corrected chi connectivity index (χ0v) is 11.3. The van der Waals surface area contributed by atoms with Gasteiger partial charge in [0.05, 0.1) is 6.04 Å². The predicted octanol–water partition coefficient (Wildman–Crippen LogP) is 3.41. The van der Waals surface area contributed by atoms with E-state index in [4.69, 9.17) is 17.3 Å². The number of nitrogens with two attached hydrogens (primary N) is 1. The van der Waals surface area contributed by atoms with Crippen LogP contribution in [0.4, 0.5) is 5.69 Å². The van der Waals surface area contributed by atoms with Crippen LogP contribution in [-0.2, 0) is 0 Å². The van der Waals surface area contributed by atoms with Crippen LogP contribution in [-0.4, -0.2) is 5.91 Å². The molecular weight excluding hydrogens is 260 g/mol. The summed E-state index contributed by atoms with van der Waals surface area (Å²) >= 11 is 5.93. The maximum absolute atomic E-state index is 12.0. The van der Waals surface area contributed by atoms with Crippen LogP contribution in [0.25, 0.3) is 0 Å². The molecule has 0 aromatic heterocycles. The van der Waals surface area contributed by atoms with Crippen molar-refractivity contribution in [1.29, 1.82) is 0 Å². The van der Waals surface area contributed by atoms with Gasteiger partial charge in [-0.1, -0.05) is 23.7 Å². The molecule has 2 aromatic carbocycles. The molecule has 0 unspecified atom stereocenters. The van der Waals surface area contributed by atoms with Crippen molar-refractivity contribution in [2.24, 2.45) is 0 Å². The minimum absolute atomic E-state index is 0.108. The summed E-state index contributed by atoms with van der Waals surface area (Å²) in [6.45, 7) is 1.92. The summed E-state index contributed by atoms with van der Waals surface area (Å²) < 4.78 is 0. The van der Waals surface area contributed by atoms with Crippen molar-refractivity contribution >= 4 is 23.2 Å². The molecule has 0 aliphatic carbocycles. The van der Waals surface area contributed by atoms with Crippen molar-refractivity contribution in [2.75, 3.05) is 5.73 Å². The molecule has 0 heterocycles. The van der Waals surface area contributed by atoms with E-state index in [1.165, 1.54) is 0 Å². The van der Waals surface area contributed by atoms with Gasteiger partial charge in [-0.25, -0.2) is 0 Å². The summed E-state index contributed by atoms with van der Waals surface area (Å²) in [5, 5.41) is 3.58. The van der Waals surface area contributed by atoms with Gasteiger partial charge in [-0.2, -0.15) is 0 Å². The first-order valence-electron chi connectivity index (χ1n) is 5.98. The quantitative estimate of drug-likeness (QED) is 0.843. The SMILES string of the molecule is C[C@H](NC(=O)c1ccc(N)cc1)c1cccc(Cl)c1. The van der Waals surface area contributed by atoms with Gasteiger partial charge in [-0.15, -0.1) is 0 Å². The van der Waals surface area contributed by atoms with E-state index in [1.54, 1.807) is 30.3 Å². The van der Waals surface area contributed by atoms with Crippen molar-refractivity contribution < 1.29 is 4.79 Å². The lowest BCUT2D eigenvalue weighted by Gasteiger charge is -2.14. The molecule has 98 valence electrons. The molecule has 0 saturated carbocycles. The Morgan fingerprint density at radius 2 is 1.89 bits per heavy atom. The molecule has 3 nitrogen and oxygen atoms in total. The Balaban J connectivity index is 2.08. The van der Waals surface area contributed by atoms with Crippen LogP contribution in [0.3, 0.4) is 0 Å². The fourth-order valence-electron chi connectivity index (χ4n) is 1.77. The van der Waals surface area contributed by atoms with Crippen LogP contribution in [0.1, 0.15) is 28.9 Å². The van der Waals surface area contributed by atoms with E-state index in [-0.39, 0.29) is 11.9 Å². The molecule has 2 aromatic rings. The van der Waals surface area contributed by atoms with Gasteiger partial charge in [-0.3, -0.25) is 4.79 Å². The third-order valence-electron chi connectivity index (χ3n) is 2.87. The maximum Gasteiger partial charge on any atom is 0.251 e. The number of carbonyl (C=O) groups is 1. The van der Waals surface area contributed by atoms with Gasteiger partial charge in [0.1, 0.15) is 0 Å². The molecule has 19 heavy (non-hydrogen) atoms. The number of rotatable bonds is 3. The van der Waals surface area contributed by atoms with E-state index in [0.29, 0.717) is 16.3 Å². The summed E-state index contributed by atoms with van der Waals surface area (Å²) in [6.07, 6.45) is 0. The number of hydrogen-bond acceptors (Lipinski definition) is 2. The average Bonchev–Trinajstić information content (AvgIpc) is 2.39. The van der Waals surface area contributed by atoms with Crippen LogP contribution in [0, 0.1) is 0 Å². The van der Waals surface area contributed by atoms with Crippen LogP contribution in [0.15, 0.2) is 48.5 Å². The second kappa shape index (κ2) is 5.76. The highest BCUT2D eigenvalue weighted by atomic mass is 35.5. The summed E-state index contributed by atoms with van der Waals surface area (Å²) in [4.78, 5) is 12.0. The zero-order chi connectivity index (χ0) is 13.8. The molecule has 0 fully saturated rings. The number of amides is 1. The number of hydrogen-bond donors (Lipinski definition) is 2. The smallest absolute Gasteiger partial charge is 0.251 e. The fraction of sp³-hybridized carbons (Fsp3) is 0.133. The minimum atomic E-state index is -0.132. The second-order valence-corrected chi connectivity index (χ2v) is 4.81. The fourth-order valence-corrected chi connectivity index (χ4v) is 1.97. The van der Waals surface area contributed by atoms with E-state index in [9.17, 15) is 4.79 Å². The summed E-state index contributed by atoms with van der Waals surface area (Å²) in [7, 11) is 0. The highest BCUT2D eigenvalue weighted by Gasteiger charge is 2.11. The third-order valence-corrected chi connectivity index (χ3v) is 3.10. The largest absolute Gasteiger partial charge is 0.399 e. The third kappa shape index (κ3) is 3.48. The predicted molar refractivity (Wildman–Crippen MR) is 78.2 cm³/mol. The van der Waals surface area contributed by atoms with Gasteiger partial charge < -0.3 is 11.1 Å². The van der Waals surface area contributed by atoms with Crippen molar-refractivity contribution in [3.63, 3.8) is 0 Å². The van der Waals surface area contributed by atoms with Crippen molar-refractivity contribution in [3.8, 4) is 0 Å². The van der Waals surface area contributed by atoms with Gasteiger partial charge in [0.15, 0.2) is 0 Å². The Kier molecular flexibility index (Phi) is 4.07. The van der Waals surface area contributed by atoms with E-state index < -0.39 is 0 Å². The molecule has 4 heteroatoms. The first-order valence-corrected chi connectivity index (χ1v) is 6.36. The Morgan fingerprint density at radius 3 is 2.53 bits per heavy atom. The Bertz CT molecular complexity index is 581. The zero-order valence-electron chi connectivity index (χ0n) is 10.6. The van der Waals surface area contributed by atoms with E-state index in [1.807, 2.05) is 25.1 Å². The van der Waals surface area contributed by atoms with Crippen LogP contribution in [0.2, 0.25) is 5.02 Å². The molecule has 1 amide bonds.